The second-order valence-electron chi connectivity index (χ2n) is 11.3. The molecule has 0 aliphatic rings. The zero-order valence-corrected chi connectivity index (χ0v) is 26.1. The Balaban J connectivity index is 1.53. The average molecular weight is 561 g/mol. The van der Waals surface area contributed by atoms with Crippen LogP contribution in [0.3, 0.4) is 0 Å². The topological polar surface area (TPSA) is 9.23 Å². The second kappa shape index (κ2) is 13.4. The first-order chi connectivity index (χ1) is 20.8. The van der Waals surface area contributed by atoms with Crippen molar-refractivity contribution in [3.63, 3.8) is 0 Å². The van der Waals surface area contributed by atoms with E-state index in [0.717, 1.165) is 22.4 Å². The van der Waals surface area contributed by atoms with Crippen LogP contribution in [0.25, 0.3) is 52.6 Å². The molecule has 1 nitrogen and oxygen atoms in total. The van der Waals surface area contributed by atoms with Crippen molar-refractivity contribution in [3.05, 3.63) is 153 Å². The van der Waals surface area contributed by atoms with Crippen molar-refractivity contribution in [1.82, 2.24) is 0 Å². The molecule has 0 aliphatic heterocycles. The maximum Gasteiger partial charge on any atom is 0.122 e. The molecule has 0 aromatic heterocycles. The van der Waals surface area contributed by atoms with Crippen LogP contribution in [0.1, 0.15) is 57.0 Å². The molecule has 0 amide bonds. The Hall–Kier alpha value is -4.88. The van der Waals surface area contributed by atoms with E-state index in [2.05, 4.69) is 168 Å². The molecule has 0 atom stereocenters. The third-order valence-electron chi connectivity index (χ3n) is 7.89. The fraction of sp³-hybridized carbons (Fsp3) is 0.143. The Kier molecular flexibility index (Phi) is 9.23. The van der Waals surface area contributed by atoms with Crippen molar-refractivity contribution in [2.75, 3.05) is 7.11 Å². The van der Waals surface area contributed by atoms with E-state index in [4.69, 9.17) is 4.74 Å². The largest absolute Gasteiger partial charge is 0.496 e. The van der Waals surface area contributed by atoms with Gasteiger partial charge in [0.1, 0.15) is 5.75 Å². The third kappa shape index (κ3) is 7.13. The summed E-state index contributed by atoms with van der Waals surface area (Å²) in [4.78, 5) is 0. The van der Waals surface area contributed by atoms with Gasteiger partial charge in [0.15, 0.2) is 0 Å². The molecule has 5 aromatic carbocycles. The van der Waals surface area contributed by atoms with Crippen LogP contribution in [0.4, 0.5) is 0 Å². The lowest BCUT2D eigenvalue weighted by Crippen LogP contribution is -1.90. The van der Waals surface area contributed by atoms with Crippen molar-refractivity contribution in [2.45, 2.75) is 34.6 Å². The molecule has 214 valence electrons. The van der Waals surface area contributed by atoms with Crippen LogP contribution < -0.4 is 4.74 Å². The van der Waals surface area contributed by atoms with Gasteiger partial charge in [-0.15, -0.1) is 0 Å². The van der Waals surface area contributed by atoms with Gasteiger partial charge in [0.2, 0.25) is 0 Å². The number of hydrogen-bond acceptors (Lipinski definition) is 1. The van der Waals surface area contributed by atoms with Gasteiger partial charge in [-0.2, -0.15) is 0 Å². The average Bonchev–Trinajstić information content (AvgIpc) is 3.01. The lowest BCUT2D eigenvalue weighted by Gasteiger charge is -2.11. The summed E-state index contributed by atoms with van der Waals surface area (Å²) >= 11 is 0. The molecule has 0 saturated carbocycles. The highest BCUT2D eigenvalue weighted by Gasteiger charge is 2.08. The molecule has 0 radical (unpaired) electrons. The number of allylic oxidation sites excluding steroid dienone is 1. The summed E-state index contributed by atoms with van der Waals surface area (Å²) in [5.41, 5.74) is 15.7. The number of ether oxygens (including phenoxy) is 1. The van der Waals surface area contributed by atoms with Gasteiger partial charge < -0.3 is 4.74 Å². The quantitative estimate of drug-likeness (QED) is 0.172. The smallest absolute Gasteiger partial charge is 0.122 e. The molecular weight excluding hydrogens is 520 g/mol. The van der Waals surface area contributed by atoms with Gasteiger partial charge in [-0.25, -0.2) is 0 Å². The van der Waals surface area contributed by atoms with E-state index in [-0.39, 0.29) is 0 Å². The van der Waals surface area contributed by atoms with E-state index < -0.39 is 0 Å². The summed E-state index contributed by atoms with van der Waals surface area (Å²) in [6.07, 6.45) is 13.1. The molecule has 43 heavy (non-hydrogen) atoms. The van der Waals surface area contributed by atoms with Gasteiger partial charge in [-0.3, -0.25) is 0 Å². The minimum atomic E-state index is 0.912. The zero-order valence-electron chi connectivity index (χ0n) is 26.1. The third-order valence-corrected chi connectivity index (χ3v) is 7.89. The molecule has 0 saturated heterocycles. The normalized spacial score (nSPS) is 11.7. The summed E-state index contributed by atoms with van der Waals surface area (Å²) in [6.45, 7) is 10.6. The Morgan fingerprint density at radius 2 is 1.12 bits per heavy atom. The number of methoxy groups -OCH3 is 1. The highest BCUT2D eigenvalue weighted by Crippen LogP contribution is 2.31. The zero-order chi connectivity index (χ0) is 30.3. The maximum absolute atomic E-state index is 5.57. The SMILES string of the molecule is C/C=C/c1ccc(/C=C/c2ccc(/C=C/c3cc(OC)c(C)cc3C)cc2-c2ccc(C)cc2)cc1-c1cccc(C)c1. The maximum atomic E-state index is 5.57. The number of aryl methyl sites for hydroxylation is 4. The number of benzene rings is 5. The van der Waals surface area contributed by atoms with Crippen LogP contribution >= 0.6 is 0 Å². The van der Waals surface area contributed by atoms with Gasteiger partial charge in [0.05, 0.1) is 7.11 Å². The molecule has 0 fully saturated rings. The highest BCUT2D eigenvalue weighted by atomic mass is 16.5. The van der Waals surface area contributed by atoms with E-state index in [1.807, 2.05) is 0 Å². The van der Waals surface area contributed by atoms with Crippen molar-refractivity contribution >= 4 is 30.4 Å². The van der Waals surface area contributed by atoms with Crippen molar-refractivity contribution in [2.24, 2.45) is 0 Å². The standard InChI is InChI=1S/C42H40O/c1-7-9-35-20-14-33(27-41(35)39-11-8-10-30(3)24-39)15-21-37-22-16-34(26-40(37)36-18-12-29(2)13-19-36)17-23-38-28-42(43-6)32(5)25-31(38)4/h7-28H,1-6H3/b9-7+,21-15+,23-17+. The molecule has 1 heteroatoms. The second-order valence-corrected chi connectivity index (χ2v) is 11.3. The molecule has 0 N–H and O–H groups in total. The molecule has 0 unspecified atom stereocenters. The van der Waals surface area contributed by atoms with Crippen molar-refractivity contribution in [1.29, 1.82) is 0 Å². The number of hydrogen-bond donors (Lipinski definition) is 0. The van der Waals surface area contributed by atoms with Crippen LogP contribution in [0.15, 0.2) is 103 Å². The predicted molar refractivity (Wildman–Crippen MR) is 188 cm³/mol. The van der Waals surface area contributed by atoms with Gasteiger partial charge in [0, 0.05) is 0 Å². The molecule has 0 bridgehead atoms. The van der Waals surface area contributed by atoms with Crippen LogP contribution in [-0.4, -0.2) is 7.11 Å². The van der Waals surface area contributed by atoms with Gasteiger partial charge in [0.25, 0.3) is 0 Å². The molecule has 0 heterocycles. The Morgan fingerprint density at radius 1 is 0.488 bits per heavy atom. The molecular formula is C42H40O. The Labute approximate surface area is 257 Å². The summed E-state index contributed by atoms with van der Waals surface area (Å²) in [5.74, 6) is 0.912. The van der Waals surface area contributed by atoms with Gasteiger partial charge in [-0.05, 0) is 114 Å². The summed E-state index contributed by atoms with van der Waals surface area (Å²) in [5, 5.41) is 0. The van der Waals surface area contributed by atoms with E-state index >= 15 is 0 Å². The van der Waals surface area contributed by atoms with Crippen molar-refractivity contribution < 1.29 is 4.74 Å². The Morgan fingerprint density at radius 3 is 1.74 bits per heavy atom. The first-order valence-corrected chi connectivity index (χ1v) is 14.9. The van der Waals surface area contributed by atoms with E-state index in [1.54, 1.807) is 7.11 Å². The lowest BCUT2D eigenvalue weighted by molar-refractivity contribution is 0.411. The fourth-order valence-electron chi connectivity index (χ4n) is 5.49. The van der Waals surface area contributed by atoms with E-state index in [1.165, 1.54) is 55.6 Å². The Bertz CT molecular complexity index is 1830. The molecule has 0 aliphatic carbocycles. The van der Waals surface area contributed by atoms with Gasteiger partial charge in [-0.1, -0.05) is 126 Å². The first kappa shape index (κ1) is 29.6. The first-order valence-electron chi connectivity index (χ1n) is 14.9. The minimum absolute atomic E-state index is 0.912. The fourth-order valence-corrected chi connectivity index (χ4v) is 5.49. The number of rotatable bonds is 8. The van der Waals surface area contributed by atoms with Crippen LogP contribution in [0, 0.1) is 27.7 Å². The highest BCUT2D eigenvalue weighted by molar-refractivity contribution is 5.85. The predicted octanol–water partition coefficient (Wildman–Crippen LogP) is 11.6. The summed E-state index contributed by atoms with van der Waals surface area (Å²) in [7, 11) is 1.73. The monoisotopic (exact) mass is 560 g/mol. The van der Waals surface area contributed by atoms with Crippen LogP contribution in [-0.2, 0) is 0 Å². The van der Waals surface area contributed by atoms with E-state index in [0.29, 0.717) is 0 Å². The van der Waals surface area contributed by atoms with Gasteiger partial charge >= 0.3 is 0 Å². The van der Waals surface area contributed by atoms with Crippen LogP contribution in [0.2, 0.25) is 0 Å². The van der Waals surface area contributed by atoms with Crippen LogP contribution in [0.5, 0.6) is 5.75 Å². The summed E-state index contributed by atoms with van der Waals surface area (Å²) < 4.78 is 5.57. The molecule has 5 rings (SSSR count). The van der Waals surface area contributed by atoms with E-state index in [9.17, 15) is 0 Å². The minimum Gasteiger partial charge on any atom is -0.496 e. The van der Waals surface area contributed by atoms with Crippen molar-refractivity contribution in [3.8, 4) is 28.0 Å². The molecule has 0 spiro atoms. The lowest BCUT2D eigenvalue weighted by atomic mass is 9.94. The summed E-state index contributed by atoms with van der Waals surface area (Å²) in [6, 6.07) is 35.2. The molecule has 5 aromatic rings.